The average Bonchev–Trinajstić information content (AvgIpc) is 2.33. The molecular formula is C13H18O4S. The minimum atomic E-state index is -3.36. The lowest BCUT2D eigenvalue weighted by Crippen LogP contribution is -2.24. The van der Waals surface area contributed by atoms with Crippen LogP contribution in [0.15, 0.2) is 24.3 Å². The van der Waals surface area contributed by atoms with Gasteiger partial charge in [0, 0.05) is 0 Å². The highest BCUT2D eigenvalue weighted by atomic mass is 32.2. The zero-order valence-corrected chi connectivity index (χ0v) is 11.3. The van der Waals surface area contributed by atoms with E-state index in [1.165, 1.54) is 11.1 Å². The van der Waals surface area contributed by atoms with Crippen LogP contribution in [0.5, 0.6) is 0 Å². The SMILES string of the molecule is CS(=O)(=O)OCCOC1CCc2ccccc2C1. The number of rotatable bonds is 5. The molecule has 0 radical (unpaired) electrons. The largest absolute Gasteiger partial charge is 0.375 e. The predicted octanol–water partition coefficient (Wildman–Crippen LogP) is 1.54. The molecule has 0 aliphatic heterocycles. The van der Waals surface area contributed by atoms with Crippen molar-refractivity contribution in [2.75, 3.05) is 19.5 Å². The van der Waals surface area contributed by atoms with E-state index >= 15 is 0 Å². The molecule has 5 heteroatoms. The minimum absolute atomic E-state index is 0.0942. The molecule has 0 spiro atoms. The lowest BCUT2D eigenvalue weighted by molar-refractivity contribution is 0.0274. The first kappa shape index (κ1) is 13.5. The second kappa shape index (κ2) is 5.82. The van der Waals surface area contributed by atoms with Crippen molar-refractivity contribution in [3.63, 3.8) is 0 Å². The highest BCUT2D eigenvalue weighted by molar-refractivity contribution is 7.85. The van der Waals surface area contributed by atoms with E-state index in [0.29, 0.717) is 6.61 Å². The molecule has 2 rings (SSSR count). The molecule has 1 unspecified atom stereocenters. The first-order valence-electron chi connectivity index (χ1n) is 6.07. The highest BCUT2D eigenvalue weighted by Gasteiger charge is 2.18. The number of ether oxygens (including phenoxy) is 1. The fourth-order valence-electron chi connectivity index (χ4n) is 2.21. The molecule has 1 aromatic carbocycles. The van der Waals surface area contributed by atoms with Gasteiger partial charge < -0.3 is 4.74 Å². The molecule has 0 saturated heterocycles. The second-order valence-electron chi connectivity index (χ2n) is 4.53. The van der Waals surface area contributed by atoms with E-state index in [2.05, 4.69) is 22.4 Å². The van der Waals surface area contributed by atoms with Gasteiger partial charge in [-0.2, -0.15) is 8.42 Å². The minimum Gasteiger partial charge on any atom is -0.375 e. The summed E-state index contributed by atoms with van der Waals surface area (Å²) in [6, 6.07) is 8.37. The van der Waals surface area contributed by atoms with Crippen LogP contribution in [0.4, 0.5) is 0 Å². The van der Waals surface area contributed by atoms with Crippen molar-refractivity contribution in [3.05, 3.63) is 35.4 Å². The van der Waals surface area contributed by atoms with Crippen molar-refractivity contribution in [2.45, 2.75) is 25.4 Å². The van der Waals surface area contributed by atoms with Gasteiger partial charge in [0.25, 0.3) is 10.1 Å². The van der Waals surface area contributed by atoms with Gasteiger partial charge in [0.05, 0.1) is 25.6 Å². The standard InChI is InChI=1S/C13H18O4S/c1-18(14,15)17-9-8-16-13-7-6-11-4-2-3-5-12(11)10-13/h2-5,13H,6-10H2,1H3. The Morgan fingerprint density at radius 1 is 1.22 bits per heavy atom. The Bertz CT molecular complexity index is 495. The van der Waals surface area contributed by atoms with Crippen LogP contribution in [0.2, 0.25) is 0 Å². The average molecular weight is 270 g/mol. The van der Waals surface area contributed by atoms with Gasteiger partial charge in [0.15, 0.2) is 0 Å². The molecule has 4 nitrogen and oxygen atoms in total. The smallest absolute Gasteiger partial charge is 0.264 e. The maximum absolute atomic E-state index is 10.8. The summed E-state index contributed by atoms with van der Waals surface area (Å²) in [5, 5.41) is 0. The number of aryl methyl sites for hydroxylation is 1. The van der Waals surface area contributed by atoms with E-state index in [1.54, 1.807) is 0 Å². The van der Waals surface area contributed by atoms with Crippen LogP contribution in [0.3, 0.4) is 0 Å². The number of hydrogen-bond donors (Lipinski definition) is 0. The van der Waals surface area contributed by atoms with Crippen LogP contribution in [0.1, 0.15) is 17.5 Å². The van der Waals surface area contributed by atoms with E-state index in [4.69, 9.17) is 4.74 Å². The molecule has 0 bridgehead atoms. The maximum atomic E-state index is 10.8. The normalized spacial score (nSPS) is 19.5. The molecule has 100 valence electrons. The van der Waals surface area contributed by atoms with Crippen molar-refractivity contribution in [1.82, 2.24) is 0 Å². The summed E-state index contributed by atoms with van der Waals surface area (Å²) in [7, 11) is -3.36. The topological polar surface area (TPSA) is 52.6 Å². The molecule has 1 aliphatic rings. The molecule has 0 fully saturated rings. The predicted molar refractivity (Wildman–Crippen MR) is 69.0 cm³/mol. The van der Waals surface area contributed by atoms with Crippen molar-refractivity contribution in [3.8, 4) is 0 Å². The fourth-order valence-corrected chi connectivity index (χ4v) is 2.58. The molecule has 0 aromatic heterocycles. The van der Waals surface area contributed by atoms with E-state index in [1.807, 2.05) is 6.07 Å². The molecule has 0 N–H and O–H groups in total. The Hall–Kier alpha value is -0.910. The summed E-state index contributed by atoms with van der Waals surface area (Å²) in [5.41, 5.74) is 2.72. The van der Waals surface area contributed by atoms with Crippen LogP contribution in [0.25, 0.3) is 0 Å². The van der Waals surface area contributed by atoms with Gasteiger partial charge >= 0.3 is 0 Å². The molecule has 1 aromatic rings. The summed E-state index contributed by atoms with van der Waals surface area (Å²) in [5.74, 6) is 0. The quantitative estimate of drug-likeness (QED) is 0.601. The fraction of sp³-hybridized carbons (Fsp3) is 0.538. The van der Waals surface area contributed by atoms with Crippen LogP contribution >= 0.6 is 0 Å². The van der Waals surface area contributed by atoms with Crippen molar-refractivity contribution in [2.24, 2.45) is 0 Å². The zero-order valence-electron chi connectivity index (χ0n) is 10.5. The molecule has 0 amide bonds. The molecule has 18 heavy (non-hydrogen) atoms. The van der Waals surface area contributed by atoms with Gasteiger partial charge in [-0.05, 0) is 30.4 Å². The Morgan fingerprint density at radius 2 is 1.94 bits per heavy atom. The summed E-state index contributed by atoms with van der Waals surface area (Å²) in [4.78, 5) is 0. The summed E-state index contributed by atoms with van der Waals surface area (Å²) >= 11 is 0. The Labute approximate surface area is 108 Å². The lowest BCUT2D eigenvalue weighted by Gasteiger charge is -2.24. The number of fused-ring (bicyclic) bond motifs is 1. The monoisotopic (exact) mass is 270 g/mol. The van der Waals surface area contributed by atoms with Crippen molar-refractivity contribution < 1.29 is 17.3 Å². The van der Waals surface area contributed by atoms with Gasteiger partial charge in [-0.15, -0.1) is 0 Å². The van der Waals surface area contributed by atoms with Gasteiger partial charge in [-0.3, -0.25) is 4.18 Å². The summed E-state index contributed by atoms with van der Waals surface area (Å²) in [6.45, 7) is 0.414. The lowest BCUT2D eigenvalue weighted by atomic mass is 9.90. The molecule has 1 atom stereocenters. The van der Waals surface area contributed by atoms with E-state index in [-0.39, 0.29) is 12.7 Å². The van der Waals surface area contributed by atoms with Crippen LogP contribution in [0, 0.1) is 0 Å². The van der Waals surface area contributed by atoms with Gasteiger partial charge in [-0.1, -0.05) is 24.3 Å². The molecule has 0 saturated carbocycles. The Balaban J connectivity index is 1.77. The van der Waals surface area contributed by atoms with Crippen LogP contribution in [-0.2, 0) is 31.9 Å². The Kier molecular flexibility index (Phi) is 4.37. The Morgan fingerprint density at radius 3 is 2.67 bits per heavy atom. The third-order valence-corrected chi connectivity index (χ3v) is 3.63. The highest BCUT2D eigenvalue weighted by Crippen LogP contribution is 2.22. The van der Waals surface area contributed by atoms with Crippen LogP contribution < -0.4 is 0 Å². The van der Waals surface area contributed by atoms with E-state index < -0.39 is 10.1 Å². The van der Waals surface area contributed by atoms with Gasteiger partial charge in [-0.25, -0.2) is 0 Å². The second-order valence-corrected chi connectivity index (χ2v) is 6.17. The van der Waals surface area contributed by atoms with Crippen LogP contribution in [-0.4, -0.2) is 34.0 Å². The number of benzene rings is 1. The first-order chi connectivity index (χ1) is 8.54. The third-order valence-electron chi connectivity index (χ3n) is 3.04. The van der Waals surface area contributed by atoms with Gasteiger partial charge in [0.1, 0.15) is 0 Å². The zero-order chi connectivity index (χ0) is 13.0. The molecule has 1 aliphatic carbocycles. The third kappa shape index (κ3) is 4.08. The van der Waals surface area contributed by atoms with Crippen molar-refractivity contribution in [1.29, 1.82) is 0 Å². The van der Waals surface area contributed by atoms with Gasteiger partial charge in [0.2, 0.25) is 0 Å². The van der Waals surface area contributed by atoms with E-state index in [0.717, 1.165) is 25.5 Å². The first-order valence-corrected chi connectivity index (χ1v) is 7.89. The summed E-state index contributed by atoms with van der Waals surface area (Å²) < 4.78 is 31.8. The summed E-state index contributed by atoms with van der Waals surface area (Å²) in [6.07, 6.45) is 4.12. The number of hydrogen-bond acceptors (Lipinski definition) is 4. The van der Waals surface area contributed by atoms with E-state index in [9.17, 15) is 8.42 Å². The maximum Gasteiger partial charge on any atom is 0.264 e. The van der Waals surface area contributed by atoms with Crippen molar-refractivity contribution >= 4 is 10.1 Å². The molecule has 0 heterocycles. The molecular weight excluding hydrogens is 252 g/mol.